The number of aliphatic hydroxyl groups is 1. The summed E-state index contributed by atoms with van der Waals surface area (Å²) in [6, 6.07) is -4.21. The molecule has 22 N–H and O–H groups in total. The van der Waals surface area contributed by atoms with Crippen molar-refractivity contribution in [1.29, 1.82) is 5.41 Å². The van der Waals surface area contributed by atoms with E-state index < -0.39 is 223 Å². The van der Waals surface area contributed by atoms with Crippen LogP contribution in [0.5, 0.6) is 0 Å². The van der Waals surface area contributed by atoms with Crippen molar-refractivity contribution in [1.82, 2.24) is 108 Å². The highest BCUT2D eigenvalue weighted by Crippen LogP contribution is 2.25. The number of para-hydroxylation sites is 1. The molecule has 2 fully saturated rings. The Hall–Kier alpha value is -13.0. The number of imidazole rings is 2. The minimum atomic E-state index is -1.85. The van der Waals surface area contributed by atoms with Crippen LogP contribution in [0.1, 0.15) is 134 Å². The smallest absolute Gasteiger partial charge is 0.246 e. The van der Waals surface area contributed by atoms with E-state index in [9.17, 15) is 72.2 Å². The van der Waals surface area contributed by atoms with Gasteiger partial charge in [0.25, 0.3) is 0 Å². The Bertz CT molecular complexity index is 4670. The number of H-pyrrole nitrogens is 3. The lowest BCUT2D eigenvalue weighted by Gasteiger charge is -2.36. The molecule has 1 unspecified atom stereocenters. The number of aromatic amines is 3. The van der Waals surface area contributed by atoms with E-state index in [1.165, 1.54) is 60.2 Å². The van der Waals surface area contributed by atoms with Crippen LogP contribution in [-0.2, 0) is 107 Å². The summed E-state index contributed by atoms with van der Waals surface area (Å²) >= 11 is 0.793. The highest BCUT2D eigenvalue weighted by Gasteiger charge is 2.44. The number of benzene rings is 2. The Kier molecular flexibility index (Phi) is 40.1. The average Bonchev–Trinajstić information content (AvgIpc) is 1.46. The van der Waals surface area contributed by atoms with Crippen LogP contribution in [0.4, 0.5) is 0 Å². The van der Waals surface area contributed by atoms with Gasteiger partial charge in [0.15, 0.2) is 5.96 Å². The summed E-state index contributed by atoms with van der Waals surface area (Å²) in [6.07, 6.45) is 7.02. The first-order valence-electron chi connectivity index (χ1n) is 42.6. The summed E-state index contributed by atoms with van der Waals surface area (Å²) in [5.41, 5.74) is 19.0. The van der Waals surface area contributed by atoms with Gasteiger partial charge in [0, 0.05) is 108 Å². The Balaban J connectivity index is 1.28. The number of nitrogens with two attached hydrogens (primary N) is 3. The zero-order valence-corrected chi connectivity index (χ0v) is 74.4. The second-order valence-electron chi connectivity index (χ2n) is 32.4. The molecule has 3 aromatic heterocycles. The monoisotopic (exact) mass is 1800 g/mol. The summed E-state index contributed by atoms with van der Waals surface area (Å²) in [5, 5.41) is 48.3. The predicted molar refractivity (Wildman–Crippen MR) is 470 cm³/mol. The van der Waals surface area contributed by atoms with Gasteiger partial charge in [-0.3, -0.25) is 86.9 Å². The summed E-state index contributed by atoms with van der Waals surface area (Å²) in [5.74, 6) is -17.2. The van der Waals surface area contributed by atoms with E-state index in [4.69, 9.17) is 22.6 Å². The van der Waals surface area contributed by atoms with Crippen LogP contribution >= 0.6 is 11.8 Å². The number of rotatable bonds is 26. The fraction of sp³-hybridized carbons (Fsp3) is 0.548. The number of amides is 17. The van der Waals surface area contributed by atoms with Crippen molar-refractivity contribution in [2.45, 2.75) is 216 Å². The van der Waals surface area contributed by atoms with Crippen molar-refractivity contribution in [3.8, 4) is 0 Å². The first-order chi connectivity index (χ1) is 60.9. The first-order valence-corrected chi connectivity index (χ1v) is 43.8. The molecule has 0 spiro atoms. The average molecular weight is 1800 g/mol. The van der Waals surface area contributed by atoms with Gasteiger partial charge >= 0.3 is 0 Å². The van der Waals surface area contributed by atoms with Crippen LogP contribution < -0.4 is 75.7 Å². The maximum atomic E-state index is 15.6. The van der Waals surface area contributed by atoms with Gasteiger partial charge in [-0.15, -0.1) is 11.8 Å². The molecule has 5 heterocycles. The number of unbranched alkanes of at least 4 members (excludes halogenated alkanes) is 2. The standard InChI is InChI=1S/C84H123N25O18S/c1-10-12-26-64-77(121)98-55(25-19-29-91-84(87)88)73(117)104-63(72(116)93-40-68(86)112)43-128-44-70(114)97-59(32-49-21-15-14-16-22-49)80(124)106(7)48(5)71(115)100-61(36-67(85)111)82(126)109-30-20-28-65(109)78(122)99-57(35-52-39-90-46-95-52)75(119)101-58(31-47(3)4)79(123)105(6)41-69(113)96-56(34-51-38-89-45-94-51)74(118)103-62(42-110)76(120)102-60(33-50-37-92-54-24-18-17-23-53(50)54)81(125)108(9)66(27-13-11-2)83(127)107(64)8/h14-18,21-24,37-39,45-48,55-66,92,110H,10-13,19-20,25-36,40-44H2,1-9H3,(H2,85,111)(H2,86,112)(H,89,94)(H,90,95)(H,93,116)(H,96,113)(H,97,114)(H,98,121)(H,99,122)(H,100,115)(H,101,119)(H,102,120)(H,103,118)(H,104,117)(H4,87,88,91)/t48-,55-,56-,57-,58-,59?,60-,61-,62-,63-,64-,65-,66-/m0/s1. The highest BCUT2D eigenvalue weighted by molar-refractivity contribution is 8.00. The fourth-order valence-electron chi connectivity index (χ4n) is 14.9. The van der Waals surface area contributed by atoms with Gasteiger partial charge in [-0.05, 0) is 75.0 Å². The number of fused-ring (bicyclic) bond motifs is 2. The van der Waals surface area contributed by atoms with Gasteiger partial charge in [-0.2, -0.15) is 0 Å². The van der Waals surface area contributed by atoms with E-state index in [2.05, 4.69) is 83.4 Å². The molecule has 0 bridgehead atoms. The number of carbonyl (C=O) groups excluding carboxylic acids is 17. The fourth-order valence-corrected chi connectivity index (χ4v) is 15.7. The zero-order valence-electron chi connectivity index (χ0n) is 73.6. The predicted octanol–water partition coefficient (Wildman–Crippen LogP) is -3.90. The third-order valence-electron chi connectivity index (χ3n) is 22.0. The number of primary amides is 2. The minimum Gasteiger partial charge on any atom is -0.394 e. The van der Waals surface area contributed by atoms with Crippen LogP contribution in [0, 0.1) is 11.3 Å². The van der Waals surface area contributed by atoms with Crippen molar-refractivity contribution in [3.05, 3.63) is 108 Å². The van der Waals surface area contributed by atoms with Crippen LogP contribution in [0.25, 0.3) is 10.9 Å². The summed E-state index contributed by atoms with van der Waals surface area (Å²) in [4.78, 5) is 269. The Morgan fingerprint density at radius 3 is 1.82 bits per heavy atom. The highest BCUT2D eigenvalue weighted by atomic mass is 32.2. The third kappa shape index (κ3) is 30.6. The number of aliphatic hydroxyl groups excluding tert-OH is 1. The molecule has 2 aliphatic rings. The molecule has 2 aliphatic heterocycles. The summed E-state index contributed by atoms with van der Waals surface area (Å²) in [7, 11) is 5.21. The number of nitrogens with one attached hydrogen (secondary N) is 15. The molecule has 0 aliphatic carbocycles. The molecule has 0 saturated carbocycles. The number of carbonyl (C=O) groups is 17. The maximum Gasteiger partial charge on any atom is 0.246 e. The molecule has 5 aromatic rings. The van der Waals surface area contributed by atoms with Crippen molar-refractivity contribution in [2.75, 3.05) is 72.5 Å². The molecule has 2 saturated heterocycles. The lowest BCUT2D eigenvalue weighted by atomic mass is 10.00. The molecule has 13 atom stereocenters. The first kappa shape index (κ1) is 102. The van der Waals surface area contributed by atoms with E-state index in [1.807, 2.05) is 13.8 Å². The zero-order chi connectivity index (χ0) is 94.0. The molecule has 43 nitrogen and oxygen atoms in total. The van der Waals surface area contributed by atoms with Gasteiger partial charge in [-0.25, -0.2) is 9.97 Å². The number of hydrogen-bond acceptors (Lipinski definition) is 22. The van der Waals surface area contributed by atoms with Crippen LogP contribution in [0.2, 0.25) is 0 Å². The largest absolute Gasteiger partial charge is 0.394 e. The van der Waals surface area contributed by atoms with Crippen molar-refractivity contribution in [3.63, 3.8) is 0 Å². The lowest BCUT2D eigenvalue weighted by Crippen LogP contribution is -2.61. The topological polar surface area (TPSA) is 634 Å². The van der Waals surface area contributed by atoms with E-state index in [-0.39, 0.29) is 95.3 Å². The van der Waals surface area contributed by atoms with Gasteiger partial charge < -0.3 is 120 Å². The molecule has 7 rings (SSSR count). The van der Waals surface area contributed by atoms with Crippen LogP contribution in [0.15, 0.2) is 85.8 Å². The molecular formula is C84H123N25O18S. The Morgan fingerprint density at radius 2 is 1.18 bits per heavy atom. The number of aromatic nitrogens is 5. The lowest BCUT2D eigenvalue weighted by molar-refractivity contribution is -0.149. The second-order valence-corrected chi connectivity index (χ2v) is 33.4. The van der Waals surface area contributed by atoms with Crippen LogP contribution in [0.3, 0.4) is 0 Å². The van der Waals surface area contributed by atoms with E-state index in [0.29, 0.717) is 53.4 Å². The maximum absolute atomic E-state index is 15.6. The van der Waals surface area contributed by atoms with Gasteiger partial charge in [0.2, 0.25) is 100 Å². The number of hydrogen-bond donors (Lipinski definition) is 19. The van der Waals surface area contributed by atoms with E-state index in [0.717, 1.165) is 36.3 Å². The Labute approximate surface area is 745 Å². The van der Waals surface area contributed by atoms with Crippen molar-refractivity contribution >= 4 is 129 Å². The second kappa shape index (κ2) is 50.3. The molecule has 2 aromatic carbocycles. The van der Waals surface area contributed by atoms with E-state index >= 15 is 14.4 Å². The molecule has 698 valence electrons. The number of likely N-dealkylation sites (N-methyl/N-ethyl adjacent to an activating group) is 4. The quantitative estimate of drug-likeness (QED) is 0.0143. The van der Waals surface area contributed by atoms with Crippen molar-refractivity contribution in [2.24, 2.45) is 23.1 Å². The molecule has 17 amide bonds. The number of thioether (sulfide) groups is 1. The SMILES string of the molecule is CCCC[C@H]1C(=O)N(C)[C@@H](CCCC)C(=O)N[C@@H](CCCNC(=N)N)C(=O)N[C@H](C(=O)NCC(N)=O)CSCC(=O)NC(Cc2ccccc2)C(=O)N(C)[C@@H](C)C(=O)N[C@@H](CC(N)=O)C(=O)N2CCC[C@H]2C(=O)N[C@@H](Cc2cnc[nH]2)C(=O)N[C@@H](CC(C)C)C(=O)N(C)CC(=O)N[C@@H](Cc2c[nH]cn2)C(=O)N[C@@H](CO)C(=O)N[C@@H](Cc2c[nH]c3ccccc23)C(=O)N1C. The third-order valence-corrected chi connectivity index (χ3v) is 23.0. The van der Waals surface area contributed by atoms with Gasteiger partial charge in [0.05, 0.1) is 50.2 Å². The summed E-state index contributed by atoms with van der Waals surface area (Å²) in [6.45, 7) is 5.88. The molecule has 0 radical (unpaired) electrons. The van der Waals surface area contributed by atoms with Crippen molar-refractivity contribution < 1.29 is 86.6 Å². The van der Waals surface area contributed by atoms with Gasteiger partial charge in [0.1, 0.15) is 78.5 Å². The number of nitrogens with zero attached hydrogens (tertiary/aromatic N) is 7. The molecule has 44 heteroatoms. The van der Waals surface area contributed by atoms with Crippen LogP contribution in [-0.4, -0.2) is 312 Å². The van der Waals surface area contributed by atoms with Gasteiger partial charge in [-0.1, -0.05) is 102 Å². The normalized spacial score (nSPS) is 23.8. The number of guanidine groups is 1. The molecular weight excluding hydrogens is 1680 g/mol. The van der Waals surface area contributed by atoms with E-state index in [1.54, 1.807) is 74.6 Å². The Morgan fingerprint density at radius 1 is 0.578 bits per heavy atom. The summed E-state index contributed by atoms with van der Waals surface area (Å²) < 4.78 is 0. The molecule has 128 heavy (non-hydrogen) atoms. The minimum absolute atomic E-state index is 0.00154.